The monoisotopic (exact) mass is 410 g/mol. The van der Waals surface area contributed by atoms with E-state index in [0.29, 0.717) is 23.6 Å². The highest BCUT2D eigenvalue weighted by Gasteiger charge is 2.37. The molecular weight excluding hydrogens is 391 g/mol. The summed E-state index contributed by atoms with van der Waals surface area (Å²) in [6.45, 7) is 2.08. The second-order valence-electron chi connectivity index (χ2n) is 6.53. The first kappa shape index (κ1) is 19.8. The fraction of sp³-hybridized carbons (Fsp3) is 0.316. The van der Waals surface area contributed by atoms with Crippen molar-refractivity contribution in [2.75, 3.05) is 11.9 Å². The Morgan fingerprint density at radius 1 is 1.19 bits per heavy atom. The predicted octanol–water partition coefficient (Wildman–Crippen LogP) is 3.97. The second-order valence-corrected chi connectivity index (χ2v) is 8.86. The van der Waals surface area contributed by atoms with E-state index in [0.717, 1.165) is 24.1 Å². The van der Waals surface area contributed by atoms with Gasteiger partial charge in [-0.25, -0.2) is 12.8 Å². The highest BCUT2D eigenvalue weighted by molar-refractivity contribution is 7.89. The number of benzene rings is 2. The van der Waals surface area contributed by atoms with Crippen molar-refractivity contribution in [2.45, 2.75) is 37.1 Å². The predicted molar refractivity (Wildman–Crippen MR) is 103 cm³/mol. The van der Waals surface area contributed by atoms with Gasteiger partial charge in [0.15, 0.2) is 0 Å². The zero-order valence-electron chi connectivity index (χ0n) is 14.8. The SMILES string of the molecule is Cc1ccc(Cl)cc1NC(=O)[C@@H]1CCCCN1S(=O)(=O)c1ccc(F)cc1. The highest BCUT2D eigenvalue weighted by Crippen LogP contribution is 2.27. The quantitative estimate of drug-likeness (QED) is 0.829. The maximum atomic E-state index is 13.2. The topological polar surface area (TPSA) is 66.5 Å². The van der Waals surface area contributed by atoms with E-state index < -0.39 is 27.8 Å². The average molecular weight is 411 g/mol. The lowest BCUT2D eigenvalue weighted by Crippen LogP contribution is -2.49. The van der Waals surface area contributed by atoms with Crippen molar-refractivity contribution in [1.29, 1.82) is 0 Å². The molecule has 27 heavy (non-hydrogen) atoms. The number of piperidine rings is 1. The van der Waals surface area contributed by atoms with Gasteiger partial charge in [0.1, 0.15) is 11.9 Å². The number of hydrogen-bond acceptors (Lipinski definition) is 3. The maximum Gasteiger partial charge on any atom is 0.243 e. The van der Waals surface area contributed by atoms with Gasteiger partial charge in [-0.05, 0) is 61.7 Å². The summed E-state index contributed by atoms with van der Waals surface area (Å²) >= 11 is 5.99. The number of aryl methyl sites for hydroxylation is 1. The molecule has 2 aromatic rings. The fourth-order valence-corrected chi connectivity index (χ4v) is 4.97. The molecule has 1 aliphatic rings. The van der Waals surface area contributed by atoms with Crippen LogP contribution in [0.5, 0.6) is 0 Å². The number of carbonyl (C=O) groups excluding carboxylic acids is 1. The van der Waals surface area contributed by atoms with Crippen LogP contribution in [0.3, 0.4) is 0 Å². The second kappa shape index (κ2) is 7.96. The first-order valence-corrected chi connectivity index (χ1v) is 10.5. The van der Waals surface area contributed by atoms with E-state index in [9.17, 15) is 17.6 Å². The molecule has 2 aromatic carbocycles. The van der Waals surface area contributed by atoms with Crippen molar-refractivity contribution in [2.24, 2.45) is 0 Å². The lowest BCUT2D eigenvalue weighted by Gasteiger charge is -2.33. The molecule has 1 heterocycles. The van der Waals surface area contributed by atoms with Crippen molar-refractivity contribution < 1.29 is 17.6 Å². The Morgan fingerprint density at radius 3 is 2.59 bits per heavy atom. The zero-order chi connectivity index (χ0) is 19.6. The molecule has 1 fully saturated rings. The summed E-state index contributed by atoms with van der Waals surface area (Å²) in [6, 6.07) is 8.95. The molecule has 3 rings (SSSR count). The number of anilines is 1. The van der Waals surface area contributed by atoms with Crippen LogP contribution in [-0.2, 0) is 14.8 Å². The third kappa shape index (κ3) is 4.31. The molecule has 5 nitrogen and oxygen atoms in total. The number of carbonyl (C=O) groups is 1. The van der Waals surface area contributed by atoms with Crippen LogP contribution in [0.2, 0.25) is 5.02 Å². The normalized spacial score (nSPS) is 18.3. The molecule has 0 aromatic heterocycles. The smallest absolute Gasteiger partial charge is 0.243 e. The lowest BCUT2D eigenvalue weighted by molar-refractivity contribution is -0.120. The molecule has 1 N–H and O–H groups in total. The summed E-state index contributed by atoms with van der Waals surface area (Å²) in [4.78, 5) is 12.8. The number of nitrogens with zero attached hydrogens (tertiary/aromatic N) is 1. The minimum absolute atomic E-state index is 0.0254. The van der Waals surface area contributed by atoms with E-state index in [-0.39, 0.29) is 11.4 Å². The van der Waals surface area contributed by atoms with Crippen LogP contribution in [0.1, 0.15) is 24.8 Å². The molecule has 0 bridgehead atoms. The van der Waals surface area contributed by atoms with Gasteiger partial charge in [0.05, 0.1) is 4.90 Å². The largest absolute Gasteiger partial charge is 0.324 e. The third-order valence-corrected chi connectivity index (χ3v) is 6.79. The molecule has 0 spiro atoms. The molecule has 144 valence electrons. The molecular formula is C19H20ClFN2O3S. The fourth-order valence-electron chi connectivity index (χ4n) is 3.14. The Labute approximate surface area is 163 Å². The van der Waals surface area contributed by atoms with E-state index in [1.54, 1.807) is 18.2 Å². The van der Waals surface area contributed by atoms with Crippen LogP contribution in [0.15, 0.2) is 47.4 Å². The van der Waals surface area contributed by atoms with Gasteiger partial charge in [-0.1, -0.05) is 24.1 Å². The van der Waals surface area contributed by atoms with Crippen LogP contribution >= 0.6 is 11.6 Å². The molecule has 1 atom stereocenters. The summed E-state index contributed by atoms with van der Waals surface area (Å²) in [5.74, 6) is -0.913. The van der Waals surface area contributed by atoms with Gasteiger partial charge in [0.2, 0.25) is 15.9 Å². The van der Waals surface area contributed by atoms with E-state index in [1.165, 1.54) is 16.4 Å². The minimum Gasteiger partial charge on any atom is -0.324 e. The molecule has 1 amide bonds. The summed E-state index contributed by atoms with van der Waals surface area (Å²) in [5.41, 5.74) is 1.38. The van der Waals surface area contributed by atoms with Gasteiger partial charge in [-0.15, -0.1) is 0 Å². The van der Waals surface area contributed by atoms with E-state index in [4.69, 9.17) is 11.6 Å². The lowest BCUT2D eigenvalue weighted by atomic mass is 10.0. The molecule has 8 heteroatoms. The molecule has 0 aliphatic carbocycles. The Kier molecular flexibility index (Phi) is 5.83. The Morgan fingerprint density at radius 2 is 1.89 bits per heavy atom. The van der Waals surface area contributed by atoms with Crippen molar-refractivity contribution >= 4 is 33.2 Å². The van der Waals surface area contributed by atoms with Crippen LogP contribution in [-0.4, -0.2) is 31.2 Å². The maximum absolute atomic E-state index is 13.2. The van der Waals surface area contributed by atoms with Crippen molar-refractivity contribution in [3.8, 4) is 0 Å². The Balaban J connectivity index is 1.87. The van der Waals surface area contributed by atoms with E-state index in [2.05, 4.69) is 5.32 Å². The molecule has 1 saturated heterocycles. The summed E-state index contributed by atoms with van der Waals surface area (Å²) < 4.78 is 40.3. The van der Waals surface area contributed by atoms with Crippen molar-refractivity contribution in [1.82, 2.24) is 4.31 Å². The van der Waals surface area contributed by atoms with Crippen LogP contribution in [0, 0.1) is 12.7 Å². The molecule has 0 radical (unpaired) electrons. The van der Waals surface area contributed by atoms with Gasteiger partial charge < -0.3 is 5.32 Å². The summed E-state index contributed by atoms with van der Waals surface area (Å²) in [5, 5.41) is 3.28. The van der Waals surface area contributed by atoms with E-state index >= 15 is 0 Å². The number of halogens is 2. The van der Waals surface area contributed by atoms with Crippen molar-refractivity contribution in [3.05, 3.63) is 58.9 Å². The van der Waals surface area contributed by atoms with Crippen LogP contribution in [0.25, 0.3) is 0 Å². The van der Waals surface area contributed by atoms with Gasteiger partial charge >= 0.3 is 0 Å². The van der Waals surface area contributed by atoms with Crippen LogP contribution < -0.4 is 5.32 Å². The summed E-state index contributed by atoms with van der Waals surface area (Å²) in [7, 11) is -3.90. The molecule has 0 unspecified atom stereocenters. The summed E-state index contributed by atoms with van der Waals surface area (Å²) in [6.07, 6.45) is 1.84. The number of hydrogen-bond donors (Lipinski definition) is 1. The van der Waals surface area contributed by atoms with Gasteiger partial charge in [0.25, 0.3) is 0 Å². The minimum atomic E-state index is -3.90. The molecule has 1 aliphatic heterocycles. The number of nitrogens with one attached hydrogen (secondary N) is 1. The van der Waals surface area contributed by atoms with Crippen LogP contribution in [0.4, 0.5) is 10.1 Å². The number of sulfonamides is 1. The van der Waals surface area contributed by atoms with Crippen molar-refractivity contribution in [3.63, 3.8) is 0 Å². The highest BCUT2D eigenvalue weighted by atomic mass is 35.5. The number of rotatable bonds is 4. The molecule has 0 saturated carbocycles. The first-order valence-electron chi connectivity index (χ1n) is 8.63. The van der Waals surface area contributed by atoms with Gasteiger partial charge in [-0.2, -0.15) is 4.31 Å². The Hall–Kier alpha value is -1.96. The zero-order valence-corrected chi connectivity index (χ0v) is 16.4. The average Bonchev–Trinajstić information content (AvgIpc) is 2.65. The first-order chi connectivity index (χ1) is 12.8. The van der Waals surface area contributed by atoms with Gasteiger partial charge in [0, 0.05) is 17.3 Å². The standard InChI is InChI=1S/C19H20ClFN2O3S/c1-13-5-6-14(20)12-17(13)22-19(24)18-4-2-3-11-23(18)27(25,26)16-9-7-15(21)8-10-16/h5-10,12,18H,2-4,11H2,1H3,(H,22,24)/t18-/m0/s1. The van der Waals surface area contributed by atoms with Gasteiger partial charge in [-0.3, -0.25) is 4.79 Å². The van der Waals surface area contributed by atoms with E-state index in [1.807, 2.05) is 6.92 Å². The number of amides is 1. The third-order valence-electron chi connectivity index (χ3n) is 4.63. The Bertz CT molecular complexity index is 948.